The van der Waals surface area contributed by atoms with Gasteiger partial charge in [-0.25, -0.2) is 4.98 Å². The number of hydrogen-bond donors (Lipinski definition) is 0. The van der Waals surface area contributed by atoms with E-state index >= 15 is 0 Å². The van der Waals surface area contributed by atoms with E-state index < -0.39 is 0 Å². The van der Waals surface area contributed by atoms with Gasteiger partial charge in [-0.05, 0) is 51.2 Å². The molecule has 0 bridgehead atoms. The molecule has 4 heteroatoms. The summed E-state index contributed by atoms with van der Waals surface area (Å²) < 4.78 is 2.22. The first-order valence-corrected chi connectivity index (χ1v) is 15.1. The summed E-state index contributed by atoms with van der Waals surface area (Å²) in [6, 6.07) is 47.0. The van der Waals surface area contributed by atoms with Crippen LogP contribution in [0.3, 0.4) is 0 Å². The number of aromatic nitrogens is 4. The van der Waals surface area contributed by atoms with Crippen molar-refractivity contribution in [3.8, 4) is 39.9 Å². The molecule has 0 aliphatic heterocycles. The van der Waals surface area contributed by atoms with Crippen LogP contribution in [0.5, 0.6) is 0 Å². The molecule has 44 heavy (non-hydrogen) atoms. The SMILES string of the molecule is CC1(C)c2cc3c(cc2-c2ccc4ccccc4c21)c1ccccc1n3-c1nc(-c2ccccc2)nc(-c2ccccc2)n1. The van der Waals surface area contributed by atoms with Crippen LogP contribution in [0.4, 0.5) is 0 Å². The normalized spacial score (nSPS) is 13.4. The molecule has 0 amide bonds. The molecular formula is C40H28N4. The lowest BCUT2D eigenvalue weighted by Crippen LogP contribution is -2.15. The number of para-hydroxylation sites is 1. The average Bonchev–Trinajstić information content (AvgIpc) is 3.52. The Morgan fingerprint density at radius 3 is 1.82 bits per heavy atom. The molecule has 8 aromatic rings. The molecule has 1 aliphatic rings. The molecule has 0 saturated carbocycles. The maximum Gasteiger partial charge on any atom is 0.238 e. The highest BCUT2D eigenvalue weighted by Crippen LogP contribution is 2.53. The Bertz CT molecular complexity index is 2350. The van der Waals surface area contributed by atoms with E-state index in [9.17, 15) is 0 Å². The lowest BCUT2D eigenvalue weighted by Gasteiger charge is -2.23. The smallest absolute Gasteiger partial charge is 0.238 e. The Balaban J connectivity index is 1.36. The lowest BCUT2D eigenvalue weighted by atomic mass is 9.80. The van der Waals surface area contributed by atoms with Crippen LogP contribution in [0.15, 0.2) is 133 Å². The van der Waals surface area contributed by atoms with Crippen molar-refractivity contribution in [2.45, 2.75) is 19.3 Å². The van der Waals surface area contributed by atoms with E-state index in [0.717, 1.165) is 22.2 Å². The van der Waals surface area contributed by atoms with Crippen LogP contribution < -0.4 is 0 Å². The predicted octanol–water partition coefficient (Wildman–Crippen LogP) is 9.76. The second kappa shape index (κ2) is 9.19. The molecule has 0 fully saturated rings. The van der Waals surface area contributed by atoms with Gasteiger partial charge in [0.2, 0.25) is 5.95 Å². The fraction of sp³-hybridized carbons (Fsp3) is 0.0750. The maximum absolute atomic E-state index is 5.12. The first-order valence-electron chi connectivity index (χ1n) is 15.1. The van der Waals surface area contributed by atoms with E-state index in [1.54, 1.807) is 0 Å². The Kier molecular flexibility index (Phi) is 5.21. The average molecular weight is 565 g/mol. The summed E-state index contributed by atoms with van der Waals surface area (Å²) in [4.78, 5) is 15.2. The molecule has 0 atom stereocenters. The molecule has 1 aliphatic carbocycles. The van der Waals surface area contributed by atoms with Gasteiger partial charge in [-0.15, -0.1) is 0 Å². The van der Waals surface area contributed by atoms with Crippen LogP contribution in [0.2, 0.25) is 0 Å². The second-order valence-corrected chi connectivity index (χ2v) is 12.1. The standard InChI is InChI=1S/C40H28N4/c1-40(2)33-24-35-32(23-31(33)30-22-21-25-13-9-10-18-28(25)36(30)40)29-19-11-12-20-34(29)44(35)39-42-37(26-14-5-3-6-15-26)41-38(43-39)27-16-7-4-8-17-27/h3-24H,1-2H3. The number of rotatable bonds is 3. The van der Waals surface area contributed by atoms with Crippen LogP contribution in [0, 0.1) is 0 Å². The number of benzene rings is 6. The van der Waals surface area contributed by atoms with E-state index in [2.05, 4.69) is 115 Å². The fourth-order valence-electron chi connectivity index (χ4n) is 7.17. The summed E-state index contributed by atoms with van der Waals surface area (Å²) in [5, 5.41) is 4.97. The van der Waals surface area contributed by atoms with Crippen molar-refractivity contribution in [3.05, 3.63) is 145 Å². The van der Waals surface area contributed by atoms with Gasteiger partial charge in [-0.3, -0.25) is 4.57 Å². The molecule has 208 valence electrons. The largest absolute Gasteiger partial charge is 0.278 e. The Morgan fingerprint density at radius 1 is 0.500 bits per heavy atom. The van der Waals surface area contributed by atoms with E-state index in [4.69, 9.17) is 15.0 Å². The summed E-state index contributed by atoms with van der Waals surface area (Å²) in [5.41, 5.74) is 9.25. The van der Waals surface area contributed by atoms with Crippen molar-refractivity contribution >= 4 is 32.6 Å². The Labute approximate surface area is 255 Å². The van der Waals surface area contributed by atoms with Gasteiger partial charge in [0.25, 0.3) is 0 Å². The van der Waals surface area contributed by atoms with Gasteiger partial charge in [0.1, 0.15) is 0 Å². The summed E-state index contributed by atoms with van der Waals surface area (Å²) in [5.74, 6) is 1.92. The van der Waals surface area contributed by atoms with E-state index in [-0.39, 0.29) is 5.41 Å². The van der Waals surface area contributed by atoms with Crippen LogP contribution >= 0.6 is 0 Å². The van der Waals surface area contributed by atoms with Crippen molar-refractivity contribution in [1.82, 2.24) is 19.5 Å². The molecular weight excluding hydrogens is 536 g/mol. The third-order valence-corrected chi connectivity index (χ3v) is 9.22. The molecule has 9 rings (SSSR count). The van der Waals surface area contributed by atoms with E-state index in [0.29, 0.717) is 17.6 Å². The summed E-state index contributed by atoms with van der Waals surface area (Å²) in [7, 11) is 0. The fourth-order valence-corrected chi connectivity index (χ4v) is 7.17. The van der Waals surface area contributed by atoms with Gasteiger partial charge in [-0.2, -0.15) is 9.97 Å². The first kappa shape index (κ1) is 24.9. The van der Waals surface area contributed by atoms with Crippen LogP contribution in [-0.2, 0) is 5.41 Å². The highest BCUT2D eigenvalue weighted by Gasteiger charge is 2.38. The third kappa shape index (κ3) is 3.54. The minimum absolute atomic E-state index is 0.176. The molecule has 0 saturated heterocycles. The third-order valence-electron chi connectivity index (χ3n) is 9.22. The Hall–Kier alpha value is -5.61. The van der Waals surface area contributed by atoms with Crippen LogP contribution in [0.1, 0.15) is 25.0 Å². The van der Waals surface area contributed by atoms with E-state index in [1.165, 1.54) is 43.8 Å². The summed E-state index contributed by atoms with van der Waals surface area (Å²) >= 11 is 0. The van der Waals surface area contributed by atoms with Crippen molar-refractivity contribution in [1.29, 1.82) is 0 Å². The number of hydrogen-bond acceptors (Lipinski definition) is 3. The summed E-state index contributed by atoms with van der Waals surface area (Å²) in [6.07, 6.45) is 0. The molecule has 6 aromatic carbocycles. The van der Waals surface area contributed by atoms with Gasteiger partial charge in [0, 0.05) is 27.3 Å². The molecule has 0 spiro atoms. The number of fused-ring (bicyclic) bond motifs is 8. The van der Waals surface area contributed by atoms with Crippen molar-refractivity contribution in [2.75, 3.05) is 0 Å². The summed E-state index contributed by atoms with van der Waals surface area (Å²) in [6.45, 7) is 4.71. The quantitative estimate of drug-likeness (QED) is 0.215. The molecule has 2 heterocycles. The topological polar surface area (TPSA) is 43.6 Å². The zero-order valence-electron chi connectivity index (χ0n) is 24.5. The van der Waals surface area contributed by atoms with Crippen LogP contribution in [-0.4, -0.2) is 19.5 Å². The number of nitrogens with zero attached hydrogens (tertiary/aromatic N) is 4. The van der Waals surface area contributed by atoms with Gasteiger partial charge >= 0.3 is 0 Å². The van der Waals surface area contributed by atoms with Gasteiger partial charge in [-0.1, -0.05) is 129 Å². The zero-order valence-corrected chi connectivity index (χ0v) is 24.5. The monoisotopic (exact) mass is 564 g/mol. The molecule has 0 radical (unpaired) electrons. The first-order chi connectivity index (χ1) is 21.6. The minimum Gasteiger partial charge on any atom is -0.278 e. The highest BCUT2D eigenvalue weighted by molar-refractivity contribution is 6.12. The van der Waals surface area contributed by atoms with Crippen molar-refractivity contribution in [2.24, 2.45) is 0 Å². The van der Waals surface area contributed by atoms with Gasteiger partial charge < -0.3 is 0 Å². The van der Waals surface area contributed by atoms with E-state index in [1.807, 2.05) is 36.4 Å². The van der Waals surface area contributed by atoms with Crippen molar-refractivity contribution in [3.63, 3.8) is 0 Å². The van der Waals surface area contributed by atoms with Gasteiger partial charge in [0.05, 0.1) is 11.0 Å². The lowest BCUT2D eigenvalue weighted by molar-refractivity contribution is 0.667. The molecule has 0 unspecified atom stereocenters. The Morgan fingerprint density at radius 2 is 1.11 bits per heavy atom. The molecule has 2 aromatic heterocycles. The minimum atomic E-state index is -0.176. The molecule has 4 nitrogen and oxygen atoms in total. The molecule has 0 N–H and O–H groups in total. The van der Waals surface area contributed by atoms with Crippen LogP contribution in [0.25, 0.3) is 72.4 Å². The zero-order chi connectivity index (χ0) is 29.4. The highest BCUT2D eigenvalue weighted by atomic mass is 15.2. The van der Waals surface area contributed by atoms with Crippen molar-refractivity contribution < 1.29 is 0 Å². The second-order valence-electron chi connectivity index (χ2n) is 12.1. The predicted molar refractivity (Wildman–Crippen MR) is 180 cm³/mol. The maximum atomic E-state index is 5.12. The van der Waals surface area contributed by atoms with Gasteiger partial charge in [0.15, 0.2) is 11.6 Å².